The topological polar surface area (TPSA) is 15.3 Å². The zero-order valence-electron chi connectivity index (χ0n) is 11.7. The molecule has 1 aromatic rings. The molecule has 1 aromatic carbocycles. The predicted octanol–water partition coefficient (Wildman–Crippen LogP) is 3.69. The third-order valence-electron chi connectivity index (χ3n) is 4.32. The van der Waals surface area contributed by atoms with Crippen molar-refractivity contribution in [3.05, 3.63) is 34.1 Å². The molecule has 0 radical (unpaired) electrons. The minimum Gasteiger partial charge on any atom is -0.313 e. The van der Waals surface area contributed by atoms with Crippen LogP contribution in [0.5, 0.6) is 0 Å². The van der Waals surface area contributed by atoms with Gasteiger partial charge in [-0.05, 0) is 49.9 Å². The molecule has 0 bridgehead atoms. The molecular formula is C16H22BrFN2. The van der Waals surface area contributed by atoms with Gasteiger partial charge in [-0.2, -0.15) is 0 Å². The van der Waals surface area contributed by atoms with Crippen molar-refractivity contribution in [2.75, 3.05) is 13.1 Å². The van der Waals surface area contributed by atoms with E-state index in [1.54, 1.807) is 12.1 Å². The largest absolute Gasteiger partial charge is 0.313 e. The van der Waals surface area contributed by atoms with E-state index in [2.05, 4.69) is 26.1 Å². The number of hydrogen-bond acceptors (Lipinski definition) is 2. The fourth-order valence-electron chi connectivity index (χ4n) is 3.01. The Balaban J connectivity index is 1.64. The number of benzene rings is 1. The Bertz CT molecular complexity index is 456. The quantitative estimate of drug-likeness (QED) is 0.879. The van der Waals surface area contributed by atoms with Crippen LogP contribution in [0.4, 0.5) is 4.39 Å². The lowest BCUT2D eigenvalue weighted by Gasteiger charge is -2.31. The van der Waals surface area contributed by atoms with Crippen molar-refractivity contribution in [2.45, 2.75) is 50.7 Å². The molecule has 20 heavy (non-hydrogen) atoms. The molecule has 1 heterocycles. The highest BCUT2D eigenvalue weighted by molar-refractivity contribution is 9.10. The van der Waals surface area contributed by atoms with Crippen LogP contribution in [0.25, 0.3) is 0 Å². The first kappa shape index (κ1) is 14.5. The summed E-state index contributed by atoms with van der Waals surface area (Å²) in [6, 6.07) is 6.39. The maximum atomic E-state index is 13.2. The van der Waals surface area contributed by atoms with E-state index in [1.807, 2.05) is 6.07 Å². The van der Waals surface area contributed by atoms with Crippen molar-refractivity contribution >= 4 is 15.9 Å². The van der Waals surface area contributed by atoms with E-state index >= 15 is 0 Å². The van der Waals surface area contributed by atoms with Crippen LogP contribution in [-0.4, -0.2) is 30.1 Å². The van der Waals surface area contributed by atoms with E-state index in [0.29, 0.717) is 6.04 Å². The summed E-state index contributed by atoms with van der Waals surface area (Å²) in [6.07, 6.45) is 6.56. The molecule has 1 aliphatic carbocycles. The highest BCUT2D eigenvalue weighted by atomic mass is 79.9. The first-order valence-corrected chi connectivity index (χ1v) is 8.43. The second-order valence-corrected chi connectivity index (χ2v) is 6.90. The molecule has 1 N–H and O–H groups in total. The molecule has 2 aliphatic rings. The van der Waals surface area contributed by atoms with E-state index in [0.717, 1.165) is 30.1 Å². The standard InChI is InChI=1S/C16H22BrFN2/c17-16-9-13(18)5-4-12(16)10-20(15-6-7-15)11-14-3-1-2-8-19-14/h4-5,9,14-15,19H,1-3,6-8,10-11H2. The maximum absolute atomic E-state index is 13.2. The average Bonchev–Trinajstić information content (AvgIpc) is 3.26. The summed E-state index contributed by atoms with van der Waals surface area (Å²) >= 11 is 3.49. The Morgan fingerprint density at radius 2 is 2.10 bits per heavy atom. The number of hydrogen-bond donors (Lipinski definition) is 1. The minimum atomic E-state index is -0.174. The zero-order chi connectivity index (χ0) is 13.9. The highest BCUT2D eigenvalue weighted by Crippen LogP contribution is 2.30. The lowest BCUT2D eigenvalue weighted by atomic mass is 10.0. The van der Waals surface area contributed by atoms with Gasteiger partial charge in [-0.25, -0.2) is 4.39 Å². The molecule has 0 aromatic heterocycles. The molecule has 2 nitrogen and oxygen atoms in total. The van der Waals surface area contributed by atoms with Gasteiger partial charge in [0.25, 0.3) is 0 Å². The first-order chi connectivity index (χ1) is 9.72. The van der Waals surface area contributed by atoms with E-state index in [1.165, 1.54) is 37.7 Å². The molecular weight excluding hydrogens is 319 g/mol. The van der Waals surface area contributed by atoms with Gasteiger partial charge < -0.3 is 5.32 Å². The molecule has 1 unspecified atom stereocenters. The Hall–Kier alpha value is -0.450. The molecule has 1 aliphatic heterocycles. The fraction of sp³-hybridized carbons (Fsp3) is 0.625. The summed E-state index contributed by atoms with van der Waals surface area (Å²) in [5.74, 6) is -0.174. The van der Waals surface area contributed by atoms with Crippen LogP contribution in [0.2, 0.25) is 0 Å². The van der Waals surface area contributed by atoms with Crippen LogP contribution >= 0.6 is 15.9 Å². The highest BCUT2D eigenvalue weighted by Gasteiger charge is 2.31. The van der Waals surface area contributed by atoms with Crippen molar-refractivity contribution < 1.29 is 4.39 Å². The minimum absolute atomic E-state index is 0.174. The molecule has 1 saturated carbocycles. The second kappa shape index (κ2) is 6.54. The summed E-state index contributed by atoms with van der Waals surface area (Å²) in [5.41, 5.74) is 1.19. The third-order valence-corrected chi connectivity index (χ3v) is 5.06. The number of halogens is 2. The number of nitrogens with one attached hydrogen (secondary N) is 1. The van der Waals surface area contributed by atoms with Crippen molar-refractivity contribution in [3.63, 3.8) is 0 Å². The third kappa shape index (κ3) is 3.80. The van der Waals surface area contributed by atoms with Gasteiger partial charge in [0.2, 0.25) is 0 Å². The number of nitrogens with zero attached hydrogens (tertiary/aromatic N) is 1. The van der Waals surface area contributed by atoms with Crippen molar-refractivity contribution in [1.82, 2.24) is 10.2 Å². The summed E-state index contributed by atoms with van der Waals surface area (Å²) in [5, 5.41) is 3.63. The van der Waals surface area contributed by atoms with Gasteiger partial charge in [0, 0.05) is 29.6 Å². The fourth-order valence-corrected chi connectivity index (χ4v) is 3.49. The van der Waals surface area contributed by atoms with E-state index in [4.69, 9.17) is 0 Å². The Kier molecular flexibility index (Phi) is 4.74. The van der Waals surface area contributed by atoms with Crippen molar-refractivity contribution in [2.24, 2.45) is 0 Å². The summed E-state index contributed by atoms with van der Waals surface area (Å²) in [6.45, 7) is 3.20. The molecule has 2 fully saturated rings. The lowest BCUT2D eigenvalue weighted by molar-refractivity contribution is 0.208. The van der Waals surface area contributed by atoms with Crippen LogP contribution in [-0.2, 0) is 6.54 Å². The van der Waals surface area contributed by atoms with Gasteiger partial charge in [0.1, 0.15) is 5.82 Å². The molecule has 4 heteroatoms. The van der Waals surface area contributed by atoms with Crippen molar-refractivity contribution in [3.8, 4) is 0 Å². The molecule has 110 valence electrons. The van der Waals surface area contributed by atoms with E-state index in [-0.39, 0.29) is 5.82 Å². The first-order valence-electron chi connectivity index (χ1n) is 7.64. The summed E-state index contributed by atoms with van der Waals surface area (Å²) in [7, 11) is 0. The molecule has 1 saturated heterocycles. The Labute approximate surface area is 128 Å². The average molecular weight is 341 g/mol. The van der Waals surface area contributed by atoms with Crippen LogP contribution < -0.4 is 5.32 Å². The summed E-state index contributed by atoms with van der Waals surface area (Å²) in [4.78, 5) is 2.57. The molecule has 0 spiro atoms. The van der Waals surface area contributed by atoms with Gasteiger partial charge in [-0.1, -0.05) is 28.4 Å². The van der Waals surface area contributed by atoms with Crippen LogP contribution in [0.15, 0.2) is 22.7 Å². The van der Waals surface area contributed by atoms with Gasteiger partial charge in [-0.15, -0.1) is 0 Å². The maximum Gasteiger partial charge on any atom is 0.124 e. The van der Waals surface area contributed by atoms with Gasteiger partial charge >= 0.3 is 0 Å². The second-order valence-electron chi connectivity index (χ2n) is 6.04. The molecule has 0 amide bonds. The monoisotopic (exact) mass is 340 g/mol. The molecule has 3 rings (SSSR count). The Morgan fingerprint density at radius 1 is 1.25 bits per heavy atom. The smallest absolute Gasteiger partial charge is 0.124 e. The predicted molar refractivity (Wildman–Crippen MR) is 83.2 cm³/mol. The van der Waals surface area contributed by atoms with Crippen molar-refractivity contribution in [1.29, 1.82) is 0 Å². The SMILES string of the molecule is Fc1ccc(CN(CC2CCCCN2)C2CC2)c(Br)c1. The number of rotatable bonds is 5. The van der Waals surface area contributed by atoms with E-state index < -0.39 is 0 Å². The van der Waals surface area contributed by atoms with Gasteiger partial charge in [0.05, 0.1) is 0 Å². The number of piperidine rings is 1. The molecule has 1 atom stereocenters. The zero-order valence-corrected chi connectivity index (χ0v) is 13.3. The normalized spacial score (nSPS) is 23.2. The van der Waals surface area contributed by atoms with Gasteiger partial charge in [0.15, 0.2) is 0 Å². The lowest BCUT2D eigenvalue weighted by Crippen LogP contribution is -2.44. The van der Waals surface area contributed by atoms with Crippen LogP contribution in [0.1, 0.15) is 37.7 Å². The summed E-state index contributed by atoms with van der Waals surface area (Å²) < 4.78 is 14.1. The van der Waals surface area contributed by atoms with Crippen LogP contribution in [0, 0.1) is 5.82 Å². The van der Waals surface area contributed by atoms with Crippen LogP contribution in [0.3, 0.4) is 0 Å². The van der Waals surface area contributed by atoms with Gasteiger partial charge in [-0.3, -0.25) is 4.90 Å². The van der Waals surface area contributed by atoms with E-state index in [9.17, 15) is 4.39 Å². The Morgan fingerprint density at radius 3 is 2.75 bits per heavy atom.